The van der Waals surface area contributed by atoms with Gasteiger partial charge < -0.3 is 14.6 Å². The summed E-state index contributed by atoms with van der Waals surface area (Å²) in [6, 6.07) is 8.65. The number of carbonyl (C=O) groups excluding carboxylic acids is 1. The van der Waals surface area contributed by atoms with Gasteiger partial charge in [-0.15, -0.1) is 0 Å². The quantitative estimate of drug-likeness (QED) is 0.666. The lowest BCUT2D eigenvalue weighted by molar-refractivity contribution is 0.0822. The average molecular weight is 399 g/mol. The van der Waals surface area contributed by atoms with Crippen molar-refractivity contribution in [2.45, 2.75) is 25.5 Å². The number of halogens is 1. The molecule has 3 aromatic rings. The van der Waals surface area contributed by atoms with Gasteiger partial charge in [0.1, 0.15) is 12.4 Å². The lowest BCUT2D eigenvalue weighted by Gasteiger charge is -2.08. The minimum absolute atomic E-state index is 0.00156. The standard InChI is InChI=1S/C19H18FN5O4/c20-13-5-3-12(4-6-13)15-7-8-17(26)25(23-15)11-16-22-19(29-24-16)18(27)21-10-14-2-1-9-28-14/h3-8,14H,1-2,9-11H2,(H,21,27)/t14-/m1/s1. The van der Waals surface area contributed by atoms with Crippen LogP contribution in [0.3, 0.4) is 0 Å². The van der Waals surface area contributed by atoms with Crippen molar-refractivity contribution in [2.75, 3.05) is 13.2 Å². The Balaban J connectivity index is 1.45. The molecule has 2 aromatic heterocycles. The van der Waals surface area contributed by atoms with Crippen LogP contribution in [0.5, 0.6) is 0 Å². The Morgan fingerprint density at radius 2 is 2.07 bits per heavy atom. The predicted molar refractivity (Wildman–Crippen MR) is 98.6 cm³/mol. The Hall–Kier alpha value is -3.40. The first kappa shape index (κ1) is 18.9. The van der Waals surface area contributed by atoms with Crippen LogP contribution >= 0.6 is 0 Å². The third kappa shape index (κ3) is 4.54. The van der Waals surface area contributed by atoms with E-state index in [2.05, 4.69) is 20.6 Å². The summed E-state index contributed by atoms with van der Waals surface area (Å²) >= 11 is 0. The number of carbonyl (C=O) groups is 1. The summed E-state index contributed by atoms with van der Waals surface area (Å²) in [4.78, 5) is 28.3. The van der Waals surface area contributed by atoms with Crippen molar-refractivity contribution in [3.8, 4) is 11.3 Å². The molecule has 1 fully saturated rings. The highest BCUT2D eigenvalue weighted by molar-refractivity contribution is 5.89. The fourth-order valence-corrected chi connectivity index (χ4v) is 2.97. The van der Waals surface area contributed by atoms with E-state index in [1.807, 2.05) is 0 Å². The molecular formula is C19H18FN5O4. The summed E-state index contributed by atoms with van der Waals surface area (Å²) in [5.41, 5.74) is 0.773. The number of nitrogens with one attached hydrogen (secondary N) is 1. The molecule has 0 saturated carbocycles. The zero-order valence-electron chi connectivity index (χ0n) is 15.4. The molecule has 0 aliphatic carbocycles. The summed E-state index contributed by atoms with van der Waals surface area (Å²) in [5.74, 6) is -0.919. The molecule has 150 valence electrons. The van der Waals surface area contributed by atoms with Crippen LogP contribution in [0, 0.1) is 5.82 Å². The van der Waals surface area contributed by atoms with Gasteiger partial charge in [-0.1, -0.05) is 5.16 Å². The van der Waals surface area contributed by atoms with Crippen LogP contribution in [-0.4, -0.2) is 45.1 Å². The summed E-state index contributed by atoms with van der Waals surface area (Å²) in [6.07, 6.45) is 1.87. The van der Waals surface area contributed by atoms with Crippen LogP contribution in [0.2, 0.25) is 0 Å². The fourth-order valence-electron chi connectivity index (χ4n) is 2.97. The summed E-state index contributed by atoms with van der Waals surface area (Å²) in [5, 5.41) is 10.7. The summed E-state index contributed by atoms with van der Waals surface area (Å²) in [6.45, 7) is 0.998. The van der Waals surface area contributed by atoms with Gasteiger partial charge in [0, 0.05) is 24.8 Å². The number of ether oxygens (including phenoxy) is 1. The van der Waals surface area contributed by atoms with Crippen LogP contribution in [0.25, 0.3) is 11.3 Å². The van der Waals surface area contributed by atoms with Gasteiger partial charge in [0.05, 0.1) is 11.8 Å². The number of rotatable bonds is 6. The molecule has 4 rings (SSSR count). The van der Waals surface area contributed by atoms with Gasteiger partial charge in [-0.3, -0.25) is 9.59 Å². The molecule has 29 heavy (non-hydrogen) atoms. The molecule has 1 aliphatic rings. The Morgan fingerprint density at radius 3 is 2.83 bits per heavy atom. The van der Waals surface area contributed by atoms with E-state index in [4.69, 9.17) is 9.26 Å². The van der Waals surface area contributed by atoms with Gasteiger partial charge in [-0.05, 0) is 43.2 Å². The SMILES string of the molecule is O=C(NC[C@H]1CCCO1)c1nc(Cn2nc(-c3ccc(F)cc3)ccc2=O)no1. The first-order chi connectivity index (χ1) is 14.1. The largest absolute Gasteiger partial charge is 0.376 e. The Bertz CT molecular complexity index is 1060. The summed E-state index contributed by atoms with van der Waals surface area (Å²) in [7, 11) is 0. The van der Waals surface area contributed by atoms with E-state index < -0.39 is 5.91 Å². The normalized spacial score (nSPS) is 16.1. The minimum Gasteiger partial charge on any atom is -0.376 e. The van der Waals surface area contributed by atoms with Crippen LogP contribution < -0.4 is 10.9 Å². The van der Waals surface area contributed by atoms with Gasteiger partial charge in [0.15, 0.2) is 5.82 Å². The number of benzene rings is 1. The molecule has 3 heterocycles. The van der Waals surface area contributed by atoms with Gasteiger partial charge >= 0.3 is 11.8 Å². The van der Waals surface area contributed by atoms with E-state index in [1.54, 1.807) is 18.2 Å². The van der Waals surface area contributed by atoms with Gasteiger partial charge in [-0.25, -0.2) is 9.07 Å². The van der Waals surface area contributed by atoms with Crippen molar-refractivity contribution >= 4 is 5.91 Å². The molecule has 1 aromatic carbocycles. The van der Waals surface area contributed by atoms with Crippen LogP contribution in [0.15, 0.2) is 45.7 Å². The van der Waals surface area contributed by atoms with Crippen molar-refractivity contribution in [1.82, 2.24) is 25.2 Å². The molecule has 1 amide bonds. The van der Waals surface area contributed by atoms with Crippen molar-refractivity contribution in [3.63, 3.8) is 0 Å². The zero-order chi connectivity index (χ0) is 20.2. The van der Waals surface area contributed by atoms with E-state index in [1.165, 1.54) is 18.2 Å². The highest BCUT2D eigenvalue weighted by Gasteiger charge is 2.20. The second-order valence-corrected chi connectivity index (χ2v) is 6.58. The van der Waals surface area contributed by atoms with Crippen LogP contribution in [0.1, 0.15) is 29.4 Å². The first-order valence-corrected chi connectivity index (χ1v) is 9.15. The van der Waals surface area contributed by atoms with Crippen molar-refractivity contribution < 1.29 is 18.4 Å². The van der Waals surface area contributed by atoms with E-state index in [9.17, 15) is 14.0 Å². The maximum absolute atomic E-state index is 13.1. The monoisotopic (exact) mass is 399 g/mol. The van der Waals surface area contributed by atoms with Gasteiger partial charge in [-0.2, -0.15) is 10.1 Å². The average Bonchev–Trinajstić information content (AvgIpc) is 3.41. The smallest absolute Gasteiger partial charge is 0.316 e. The molecular weight excluding hydrogens is 381 g/mol. The Labute approximate surface area is 164 Å². The van der Waals surface area contributed by atoms with Crippen molar-refractivity contribution in [3.05, 3.63) is 64.3 Å². The summed E-state index contributed by atoms with van der Waals surface area (Å²) < 4.78 is 24.7. The second kappa shape index (κ2) is 8.31. The first-order valence-electron chi connectivity index (χ1n) is 9.15. The van der Waals surface area contributed by atoms with E-state index in [0.29, 0.717) is 24.4 Å². The van der Waals surface area contributed by atoms with Gasteiger partial charge in [0.2, 0.25) is 0 Å². The van der Waals surface area contributed by atoms with E-state index in [0.717, 1.165) is 17.5 Å². The zero-order valence-corrected chi connectivity index (χ0v) is 15.4. The maximum Gasteiger partial charge on any atom is 0.316 e. The number of aromatic nitrogens is 4. The Kier molecular flexibility index (Phi) is 5.43. The topological polar surface area (TPSA) is 112 Å². The van der Waals surface area contributed by atoms with Crippen molar-refractivity contribution in [2.24, 2.45) is 0 Å². The number of hydrogen-bond donors (Lipinski definition) is 1. The second-order valence-electron chi connectivity index (χ2n) is 6.58. The lowest BCUT2D eigenvalue weighted by atomic mass is 10.1. The molecule has 0 radical (unpaired) electrons. The molecule has 0 unspecified atom stereocenters. The maximum atomic E-state index is 13.1. The molecule has 1 N–H and O–H groups in total. The number of hydrogen-bond acceptors (Lipinski definition) is 7. The van der Waals surface area contributed by atoms with Crippen molar-refractivity contribution in [1.29, 1.82) is 0 Å². The number of amides is 1. The molecule has 1 aliphatic heterocycles. The highest BCUT2D eigenvalue weighted by atomic mass is 19.1. The predicted octanol–water partition coefficient (Wildman–Crippen LogP) is 1.39. The van der Waals surface area contributed by atoms with E-state index in [-0.39, 0.29) is 35.7 Å². The third-order valence-corrected chi connectivity index (χ3v) is 4.47. The molecule has 0 spiro atoms. The third-order valence-electron chi connectivity index (χ3n) is 4.47. The molecule has 1 saturated heterocycles. The molecule has 0 bridgehead atoms. The lowest BCUT2D eigenvalue weighted by Crippen LogP contribution is -2.32. The van der Waals surface area contributed by atoms with Gasteiger partial charge in [0.25, 0.3) is 5.56 Å². The fraction of sp³-hybridized carbons (Fsp3) is 0.316. The van der Waals surface area contributed by atoms with Crippen LogP contribution in [-0.2, 0) is 11.3 Å². The highest BCUT2D eigenvalue weighted by Crippen LogP contribution is 2.16. The molecule has 1 atom stereocenters. The van der Waals surface area contributed by atoms with E-state index >= 15 is 0 Å². The Morgan fingerprint density at radius 1 is 1.24 bits per heavy atom. The van der Waals surface area contributed by atoms with Crippen LogP contribution in [0.4, 0.5) is 4.39 Å². The molecule has 9 nitrogen and oxygen atoms in total. The minimum atomic E-state index is -0.500. The molecule has 10 heteroatoms. The number of nitrogens with zero attached hydrogens (tertiary/aromatic N) is 4.